The van der Waals surface area contributed by atoms with Crippen LogP contribution in [-0.2, 0) is 43.4 Å². The van der Waals surface area contributed by atoms with Gasteiger partial charge in [0.15, 0.2) is 17.5 Å². The Morgan fingerprint density at radius 2 is 1.51 bits per heavy atom. The number of Topliss-reactive ketones (excluding diaryl/α,β-unsaturated/α-hetero) is 1. The van der Waals surface area contributed by atoms with Crippen molar-refractivity contribution in [2.45, 2.75) is 113 Å². The Balaban J connectivity index is 1.34. The minimum Gasteiger partial charge on any atom is -0.456 e. The van der Waals surface area contributed by atoms with Gasteiger partial charge in [-0.3, -0.25) is 9.59 Å². The molecule has 1 saturated heterocycles. The third-order valence-corrected chi connectivity index (χ3v) is 15.0. The van der Waals surface area contributed by atoms with E-state index in [-0.39, 0.29) is 40.2 Å². The highest BCUT2D eigenvalue weighted by Crippen LogP contribution is 2.64. The number of esters is 3. The largest absolute Gasteiger partial charge is 0.456 e. The molecule has 3 aromatic rings. The fourth-order valence-electron chi connectivity index (χ4n) is 10.0. The molecule has 5 N–H and O–H groups in total. The summed E-state index contributed by atoms with van der Waals surface area (Å²) in [5, 5.41) is 49.3. The number of aryl methyl sites for hydroxylation is 1. The maximum atomic E-state index is 15.0. The van der Waals surface area contributed by atoms with Crippen molar-refractivity contribution in [3.05, 3.63) is 113 Å². The molecule has 3 fully saturated rings. The first kappa shape index (κ1) is 44.3. The first-order valence-electron chi connectivity index (χ1n) is 20.0. The quantitative estimate of drug-likeness (QED) is 0.112. The fraction of sp³-hybridized carbons (Fsp3) is 0.467. The summed E-state index contributed by atoms with van der Waals surface area (Å²) in [6, 6.07) is 20.0. The standard InChI is InChI=1S/C45H51NO14S/c1-24-17-19-29(20-18-24)61(55,56)46-34(27-13-9-7-10-14-27)36(50)41(53)58-30-22-45(54)39(59-40(52)28-15-11-8-12-16-28)37-43(6,38(51)35(49)33(25(30)2)42(45,4)5)31(48)21-32-44(37,23-57-32)60-26(3)47/h7-20,30-32,34-37,39,46,48-50,54H,21-23H2,1-6H3/t30-,31-,32+,34-,35+,36+,37-,39-,43+,44-,45+/m0/s1. The molecule has 2 saturated carbocycles. The molecule has 16 heteroatoms. The third kappa shape index (κ3) is 7.21. The molecule has 0 radical (unpaired) electrons. The summed E-state index contributed by atoms with van der Waals surface area (Å²) in [7, 11) is -4.34. The van der Waals surface area contributed by atoms with E-state index in [9.17, 15) is 48.0 Å². The fourth-order valence-corrected chi connectivity index (χ4v) is 11.3. The van der Waals surface area contributed by atoms with Gasteiger partial charge in [0, 0.05) is 25.2 Å². The van der Waals surface area contributed by atoms with Crippen molar-refractivity contribution in [3.63, 3.8) is 0 Å². The van der Waals surface area contributed by atoms with Crippen LogP contribution >= 0.6 is 0 Å². The summed E-state index contributed by atoms with van der Waals surface area (Å²) in [4.78, 5) is 56.1. The van der Waals surface area contributed by atoms with Gasteiger partial charge < -0.3 is 39.4 Å². The highest BCUT2D eigenvalue weighted by molar-refractivity contribution is 7.89. The molecule has 326 valence electrons. The van der Waals surface area contributed by atoms with Gasteiger partial charge in [0.05, 0.1) is 40.5 Å². The zero-order valence-corrected chi connectivity index (χ0v) is 35.4. The minimum absolute atomic E-state index is 0.0623. The van der Waals surface area contributed by atoms with Crippen molar-refractivity contribution in [3.8, 4) is 0 Å². The van der Waals surface area contributed by atoms with Gasteiger partial charge in [-0.1, -0.05) is 80.1 Å². The molecule has 0 amide bonds. The molecule has 0 unspecified atom stereocenters. The Labute approximate surface area is 353 Å². The highest BCUT2D eigenvalue weighted by Gasteiger charge is 2.78. The number of fused-ring (bicyclic) bond motifs is 5. The van der Waals surface area contributed by atoms with Crippen LogP contribution in [0.25, 0.3) is 0 Å². The van der Waals surface area contributed by atoms with Crippen LogP contribution in [0.15, 0.2) is 101 Å². The van der Waals surface area contributed by atoms with E-state index in [1.807, 2.05) is 0 Å². The number of hydrogen-bond acceptors (Lipinski definition) is 14. The second kappa shape index (κ2) is 15.8. The Morgan fingerprint density at radius 3 is 2.08 bits per heavy atom. The van der Waals surface area contributed by atoms with Gasteiger partial charge in [0.2, 0.25) is 10.0 Å². The molecule has 3 aliphatic carbocycles. The Kier molecular flexibility index (Phi) is 11.5. The van der Waals surface area contributed by atoms with Crippen LogP contribution in [0.4, 0.5) is 0 Å². The van der Waals surface area contributed by atoms with Gasteiger partial charge in [-0.25, -0.2) is 22.7 Å². The number of nitrogens with one attached hydrogen (secondary N) is 1. The lowest BCUT2D eigenvalue weighted by molar-refractivity contribution is -0.346. The van der Waals surface area contributed by atoms with Gasteiger partial charge in [-0.15, -0.1) is 0 Å². The zero-order valence-electron chi connectivity index (χ0n) is 34.6. The molecule has 0 spiro atoms. The number of aliphatic hydroxyl groups excluding tert-OH is 3. The van der Waals surface area contributed by atoms with E-state index in [1.54, 1.807) is 55.5 Å². The number of aliphatic hydroxyl groups is 4. The van der Waals surface area contributed by atoms with Crippen molar-refractivity contribution in [1.82, 2.24) is 4.72 Å². The minimum atomic E-state index is -4.34. The number of carbonyl (C=O) groups is 4. The Hall–Kier alpha value is -4.81. The number of rotatable bonds is 10. The van der Waals surface area contributed by atoms with E-state index in [4.69, 9.17) is 18.9 Å². The predicted molar refractivity (Wildman–Crippen MR) is 216 cm³/mol. The average molecular weight is 862 g/mol. The smallest absolute Gasteiger partial charge is 0.338 e. The van der Waals surface area contributed by atoms with Crippen molar-refractivity contribution < 1.29 is 67.0 Å². The summed E-state index contributed by atoms with van der Waals surface area (Å²) in [5.74, 6) is -5.54. The molecule has 7 rings (SSSR count). The van der Waals surface area contributed by atoms with Crippen LogP contribution in [0.1, 0.15) is 75.0 Å². The van der Waals surface area contributed by atoms with Crippen molar-refractivity contribution in [2.24, 2.45) is 16.7 Å². The lowest BCUT2D eigenvalue weighted by Gasteiger charge is -2.67. The third-order valence-electron chi connectivity index (χ3n) is 13.5. The first-order chi connectivity index (χ1) is 28.6. The molecule has 1 heterocycles. The van der Waals surface area contributed by atoms with Crippen molar-refractivity contribution in [2.75, 3.05) is 6.61 Å². The molecule has 4 aliphatic rings. The van der Waals surface area contributed by atoms with Crippen LogP contribution in [0.2, 0.25) is 0 Å². The number of benzene rings is 3. The number of sulfonamides is 1. The molecular formula is C45H51NO14S. The van der Waals surface area contributed by atoms with Crippen LogP contribution in [0, 0.1) is 23.7 Å². The van der Waals surface area contributed by atoms with E-state index in [2.05, 4.69) is 4.72 Å². The van der Waals surface area contributed by atoms with E-state index >= 15 is 0 Å². The van der Waals surface area contributed by atoms with E-state index in [1.165, 1.54) is 64.1 Å². The van der Waals surface area contributed by atoms with Crippen LogP contribution in [0.5, 0.6) is 0 Å². The van der Waals surface area contributed by atoms with E-state index in [0.717, 1.165) is 12.5 Å². The lowest BCUT2D eigenvalue weighted by Crippen LogP contribution is -2.81. The Bertz CT molecular complexity index is 2350. The summed E-state index contributed by atoms with van der Waals surface area (Å²) >= 11 is 0. The highest BCUT2D eigenvalue weighted by atomic mass is 32.2. The second-order valence-electron chi connectivity index (χ2n) is 17.4. The molecule has 15 nitrogen and oxygen atoms in total. The molecule has 0 aromatic heterocycles. The normalized spacial score (nSPS) is 32.7. The van der Waals surface area contributed by atoms with Gasteiger partial charge in [0.1, 0.15) is 30.0 Å². The van der Waals surface area contributed by atoms with Crippen LogP contribution in [-0.4, -0.2) is 107 Å². The number of ether oxygens (including phenoxy) is 4. The summed E-state index contributed by atoms with van der Waals surface area (Å²) in [6.45, 7) is 8.52. The molecular weight excluding hydrogens is 811 g/mol. The average Bonchev–Trinajstić information content (AvgIpc) is 3.21. The van der Waals surface area contributed by atoms with Crippen molar-refractivity contribution in [1.29, 1.82) is 0 Å². The first-order valence-corrected chi connectivity index (χ1v) is 21.5. The van der Waals surface area contributed by atoms with Crippen LogP contribution < -0.4 is 4.72 Å². The molecule has 1 aliphatic heterocycles. The molecule has 61 heavy (non-hydrogen) atoms. The molecule has 3 aromatic carbocycles. The second-order valence-corrected chi connectivity index (χ2v) is 19.1. The van der Waals surface area contributed by atoms with Crippen molar-refractivity contribution >= 4 is 33.7 Å². The van der Waals surface area contributed by atoms with Crippen LogP contribution in [0.3, 0.4) is 0 Å². The topological polar surface area (TPSA) is 232 Å². The van der Waals surface area contributed by atoms with Gasteiger partial charge in [-0.2, -0.15) is 0 Å². The summed E-state index contributed by atoms with van der Waals surface area (Å²) < 4.78 is 53.9. The number of carbonyl (C=O) groups excluding carboxylic acids is 4. The maximum Gasteiger partial charge on any atom is 0.338 e. The number of hydrogen-bond donors (Lipinski definition) is 5. The zero-order chi connectivity index (χ0) is 44.4. The number of ketones is 1. The maximum absolute atomic E-state index is 15.0. The van der Waals surface area contributed by atoms with E-state index in [0.29, 0.717) is 0 Å². The lowest BCUT2D eigenvalue weighted by atomic mass is 9.44. The Morgan fingerprint density at radius 1 is 0.902 bits per heavy atom. The predicted octanol–water partition coefficient (Wildman–Crippen LogP) is 3.02. The summed E-state index contributed by atoms with van der Waals surface area (Å²) in [5.41, 5.74) is -6.77. The van der Waals surface area contributed by atoms with Gasteiger partial charge >= 0.3 is 17.9 Å². The monoisotopic (exact) mass is 861 g/mol. The molecule has 11 atom stereocenters. The molecule has 2 bridgehead atoms. The van der Waals surface area contributed by atoms with Gasteiger partial charge in [-0.05, 0) is 61.7 Å². The van der Waals surface area contributed by atoms with Gasteiger partial charge in [0.25, 0.3) is 0 Å². The SMILES string of the molecule is CC(=O)O[C@@]12CO[C@@H]1C[C@H](O)[C@@]1(C)C(=O)[C@H](O)C3=C(C)[C@@H](OC(=O)[C@H](O)[C@@H](NS(=O)(=O)c4ccc(C)cc4)c4ccccc4)C[C@@](O)([C@@H](OC(=O)c4ccccc4)[C@H]21)C3(C)C. The van der Waals surface area contributed by atoms with E-state index < -0.39 is 111 Å². The summed E-state index contributed by atoms with van der Waals surface area (Å²) in [6.07, 6.45) is -10.9.